The van der Waals surface area contributed by atoms with Crippen LogP contribution < -0.4 is 0 Å². The highest BCUT2D eigenvalue weighted by Gasteiger charge is 2.36. The minimum atomic E-state index is -1.04. The van der Waals surface area contributed by atoms with Crippen LogP contribution in [0.3, 0.4) is 0 Å². The predicted molar refractivity (Wildman–Crippen MR) is 79.3 cm³/mol. The molecule has 1 aliphatic rings. The van der Waals surface area contributed by atoms with Gasteiger partial charge in [0.1, 0.15) is 12.7 Å². The summed E-state index contributed by atoms with van der Waals surface area (Å²) in [5, 5.41) is 11.2. The molecule has 6 heteroatoms. The van der Waals surface area contributed by atoms with Crippen molar-refractivity contribution >= 4 is 23.4 Å². The number of imide groups is 1. The van der Waals surface area contributed by atoms with E-state index in [1.54, 1.807) is 48.5 Å². The summed E-state index contributed by atoms with van der Waals surface area (Å²) in [5.41, 5.74) is 1.06. The Bertz CT molecular complexity index is 711. The number of hydrogen-bond acceptors (Lipinski definition) is 4. The first kappa shape index (κ1) is 14.7. The zero-order valence-electron chi connectivity index (χ0n) is 11.4. The van der Waals surface area contributed by atoms with E-state index in [4.69, 9.17) is 16.4 Å². The Morgan fingerprint density at radius 2 is 1.55 bits per heavy atom. The minimum absolute atomic E-state index is 0.255. The zero-order chi connectivity index (χ0) is 15.7. The molecule has 5 nitrogen and oxygen atoms in total. The van der Waals surface area contributed by atoms with Gasteiger partial charge in [0.2, 0.25) is 0 Å². The molecule has 0 radical (unpaired) electrons. The molecule has 1 N–H and O–H groups in total. The molecule has 22 heavy (non-hydrogen) atoms. The Labute approximate surface area is 131 Å². The van der Waals surface area contributed by atoms with E-state index in [9.17, 15) is 14.7 Å². The van der Waals surface area contributed by atoms with Crippen molar-refractivity contribution in [3.63, 3.8) is 0 Å². The number of aliphatic hydroxyl groups excluding tert-OH is 1. The van der Waals surface area contributed by atoms with E-state index in [-0.39, 0.29) is 6.61 Å². The Morgan fingerprint density at radius 1 is 1.00 bits per heavy atom. The first-order valence-corrected chi connectivity index (χ1v) is 7.00. The second-order valence-corrected chi connectivity index (χ2v) is 5.19. The fourth-order valence-electron chi connectivity index (χ4n) is 2.26. The molecule has 1 aliphatic heterocycles. The molecule has 0 saturated heterocycles. The predicted octanol–water partition coefficient (Wildman–Crippen LogP) is 2.60. The lowest BCUT2D eigenvalue weighted by atomic mass is 10.1. The number of carbonyl (C=O) groups is 2. The van der Waals surface area contributed by atoms with Crippen LogP contribution in [0.4, 0.5) is 0 Å². The molecule has 0 bridgehead atoms. The van der Waals surface area contributed by atoms with Crippen LogP contribution in [0, 0.1) is 0 Å². The van der Waals surface area contributed by atoms with E-state index in [2.05, 4.69) is 0 Å². The van der Waals surface area contributed by atoms with Crippen molar-refractivity contribution in [3.8, 4) is 0 Å². The molecule has 2 aromatic rings. The summed E-state index contributed by atoms with van der Waals surface area (Å²) in [7, 11) is 0. The summed E-state index contributed by atoms with van der Waals surface area (Å²) in [6.07, 6.45) is -1.04. The molecule has 1 unspecified atom stereocenters. The Morgan fingerprint density at radius 3 is 2.14 bits per heavy atom. The Kier molecular flexibility index (Phi) is 3.94. The molecule has 2 aromatic carbocycles. The summed E-state index contributed by atoms with van der Waals surface area (Å²) in [6, 6.07) is 13.2. The maximum absolute atomic E-state index is 12.1. The van der Waals surface area contributed by atoms with E-state index >= 15 is 0 Å². The summed E-state index contributed by atoms with van der Waals surface area (Å²) >= 11 is 5.98. The van der Waals surface area contributed by atoms with Crippen molar-refractivity contribution in [1.82, 2.24) is 5.06 Å². The maximum Gasteiger partial charge on any atom is 0.285 e. The smallest absolute Gasteiger partial charge is 0.285 e. The summed E-state index contributed by atoms with van der Waals surface area (Å²) in [6.45, 7) is -0.255. The molecule has 0 fully saturated rings. The average molecular weight is 318 g/mol. The van der Waals surface area contributed by atoms with Crippen LogP contribution >= 0.6 is 11.6 Å². The van der Waals surface area contributed by atoms with Crippen molar-refractivity contribution in [2.45, 2.75) is 6.10 Å². The normalized spacial score (nSPS) is 15.1. The number of hydrogen-bond donors (Lipinski definition) is 1. The first-order chi connectivity index (χ1) is 10.6. The molecule has 1 heterocycles. The molecule has 1 atom stereocenters. The molecule has 0 spiro atoms. The summed E-state index contributed by atoms with van der Waals surface area (Å²) in [5.74, 6) is -1.07. The van der Waals surface area contributed by atoms with Crippen LogP contribution in [0.25, 0.3) is 0 Å². The van der Waals surface area contributed by atoms with Gasteiger partial charge >= 0.3 is 0 Å². The largest absolute Gasteiger partial charge is 0.386 e. The molecular formula is C16H12ClNO4. The van der Waals surface area contributed by atoms with Crippen molar-refractivity contribution in [3.05, 3.63) is 70.2 Å². The van der Waals surface area contributed by atoms with Gasteiger partial charge in [-0.05, 0) is 18.2 Å². The lowest BCUT2D eigenvalue weighted by Crippen LogP contribution is -2.31. The average Bonchev–Trinajstić information content (AvgIpc) is 2.77. The third-order valence-electron chi connectivity index (χ3n) is 3.38. The highest BCUT2D eigenvalue weighted by atomic mass is 35.5. The van der Waals surface area contributed by atoms with E-state index in [0.29, 0.717) is 26.8 Å². The molecular weight excluding hydrogens is 306 g/mol. The quantitative estimate of drug-likeness (QED) is 0.880. The number of amides is 2. The van der Waals surface area contributed by atoms with Crippen molar-refractivity contribution in [2.75, 3.05) is 6.61 Å². The number of rotatable bonds is 4. The topological polar surface area (TPSA) is 66.8 Å². The number of halogens is 1. The van der Waals surface area contributed by atoms with Crippen molar-refractivity contribution in [1.29, 1.82) is 0 Å². The molecule has 112 valence electrons. The number of benzene rings is 2. The lowest BCUT2D eigenvalue weighted by molar-refractivity contribution is -0.116. The van der Waals surface area contributed by atoms with Gasteiger partial charge in [0.05, 0.1) is 11.1 Å². The third-order valence-corrected chi connectivity index (χ3v) is 3.73. The standard InChI is InChI=1S/C16H12ClNO4/c17-13-8-4-3-7-12(13)14(19)9-22-18-15(20)10-5-1-2-6-11(10)16(18)21/h1-8,14,19H,9H2. The molecule has 0 aliphatic carbocycles. The van der Waals surface area contributed by atoms with E-state index in [0.717, 1.165) is 0 Å². The summed E-state index contributed by atoms with van der Waals surface area (Å²) < 4.78 is 0. The SMILES string of the molecule is O=C1c2ccccc2C(=O)N1OCC(O)c1ccccc1Cl. The molecule has 0 saturated carbocycles. The number of hydroxylamine groups is 2. The van der Waals surface area contributed by atoms with Crippen LogP contribution in [-0.4, -0.2) is 28.6 Å². The fraction of sp³-hybridized carbons (Fsp3) is 0.125. The van der Waals surface area contributed by atoms with Crippen LogP contribution in [0.1, 0.15) is 32.4 Å². The number of aliphatic hydroxyl groups is 1. The van der Waals surface area contributed by atoms with Gasteiger partial charge in [-0.1, -0.05) is 41.9 Å². The first-order valence-electron chi connectivity index (χ1n) is 6.63. The van der Waals surface area contributed by atoms with Gasteiger partial charge in [-0.3, -0.25) is 14.4 Å². The maximum atomic E-state index is 12.1. The van der Waals surface area contributed by atoms with Gasteiger partial charge in [0.25, 0.3) is 11.8 Å². The second kappa shape index (κ2) is 5.88. The molecule has 2 amide bonds. The van der Waals surface area contributed by atoms with E-state index < -0.39 is 17.9 Å². The van der Waals surface area contributed by atoms with E-state index in [1.807, 2.05) is 0 Å². The number of carbonyl (C=O) groups excluding carboxylic acids is 2. The van der Waals surface area contributed by atoms with Gasteiger partial charge in [-0.2, -0.15) is 0 Å². The Hall–Kier alpha value is -2.21. The minimum Gasteiger partial charge on any atom is -0.386 e. The van der Waals surface area contributed by atoms with E-state index in [1.165, 1.54) is 0 Å². The van der Waals surface area contributed by atoms with Gasteiger partial charge in [-0.15, -0.1) is 5.06 Å². The fourth-order valence-corrected chi connectivity index (χ4v) is 2.53. The molecule has 3 rings (SSSR count). The summed E-state index contributed by atoms with van der Waals surface area (Å²) in [4.78, 5) is 29.4. The molecule has 0 aromatic heterocycles. The van der Waals surface area contributed by atoms with Crippen LogP contribution in [0.2, 0.25) is 5.02 Å². The van der Waals surface area contributed by atoms with Crippen molar-refractivity contribution in [2.24, 2.45) is 0 Å². The Balaban J connectivity index is 1.72. The monoisotopic (exact) mass is 317 g/mol. The van der Waals surface area contributed by atoms with Crippen LogP contribution in [0.15, 0.2) is 48.5 Å². The number of fused-ring (bicyclic) bond motifs is 1. The lowest BCUT2D eigenvalue weighted by Gasteiger charge is -2.17. The highest BCUT2D eigenvalue weighted by Crippen LogP contribution is 2.26. The van der Waals surface area contributed by atoms with Crippen LogP contribution in [-0.2, 0) is 4.84 Å². The third kappa shape index (κ3) is 2.50. The highest BCUT2D eigenvalue weighted by molar-refractivity contribution is 6.31. The van der Waals surface area contributed by atoms with Crippen LogP contribution in [0.5, 0.6) is 0 Å². The van der Waals surface area contributed by atoms with Gasteiger partial charge in [0.15, 0.2) is 0 Å². The van der Waals surface area contributed by atoms with Crippen molar-refractivity contribution < 1.29 is 19.5 Å². The van der Waals surface area contributed by atoms with Gasteiger partial charge in [-0.25, -0.2) is 0 Å². The van der Waals surface area contributed by atoms with Gasteiger partial charge < -0.3 is 5.11 Å². The second-order valence-electron chi connectivity index (χ2n) is 4.78. The zero-order valence-corrected chi connectivity index (χ0v) is 12.2. The number of nitrogens with zero attached hydrogens (tertiary/aromatic N) is 1. The van der Waals surface area contributed by atoms with Gasteiger partial charge in [0, 0.05) is 10.6 Å².